The quantitative estimate of drug-likeness (QED) is 0.802. The summed E-state index contributed by atoms with van der Waals surface area (Å²) in [6.45, 7) is 1.84. The van der Waals surface area contributed by atoms with Crippen molar-refractivity contribution in [2.24, 2.45) is 0 Å². The van der Waals surface area contributed by atoms with E-state index < -0.39 is 12.0 Å². The van der Waals surface area contributed by atoms with Crippen LogP contribution in [0.3, 0.4) is 0 Å². The Balaban J connectivity index is 2.06. The Labute approximate surface area is 126 Å². The van der Waals surface area contributed by atoms with Crippen LogP contribution >= 0.6 is 11.6 Å². The Hall–Kier alpha value is -2.53. The van der Waals surface area contributed by atoms with Crippen molar-refractivity contribution >= 4 is 35.0 Å². The van der Waals surface area contributed by atoms with Crippen molar-refractivity contribution in [3.63, 3.8) is 0 Å². The molecule has 0 fully saturated rings. The standard InChI is InChI=1S/C15H13ClN2O3/c1-9-7-12(5-6-13(9)16)18-15(21)17-11-4-2-3-10(8-11)14(19)20/h2-8H,1H3,(H,19,20)(H2,17,18,21). The van der Waals surface area contributed by atoms with Crippen LogP contribution in [0, 0.1) is 6.92 Å². The van der Waals surface area contributed by atoms with Crippen molar-refractivity contribution in [2.75, 3.05) is 10.6 Å². The number of nitrogens with one attached hydrogen (secondary N) is 2. The second-order valence-corrected chi connectivity index (χ2v) is 4.84. The highest BCUT2D eigenvalue weighted by Crippen LogP contribution is 2.19. The fraction of sp³-hybridized carbons (Fsp3) is 0.0667. The predicted molar refractivity (Wildman–Crippen MR) is 82.2 cm³/mol. The van der Waals surface area contributed by atoms with Crippen molar-refractivity contribution in [2.45, 2.75) is 6.92 Å². The fourth-order valence-corrected chi connectivity index (χ4v) is 1.86. The summed E-state index contributed by atoms with van der Waals surface area (Å²) in [6, 6.07) is 10.7. The van der Waals surface area contributed by atoms with Gasteiger partial charge in [0.15, 0.2) is 0 Å². The SMILES string of the molecule is Cc1cc(NC(=O)Nc2cccc(C(=O)O)c2)ccc1Cl. The lowest BCUT2D eigenvalue weighted by Crippen LogP contribution is -2.19. The average molecular weight is 305 g/mol. The third-order valence-corrected chi connectivity index (χ3v) is 3.21. The van der Waals surface area contributed by atoms with Gasteiger partial charge in [-0.15, -0.1) is 0 Å². The summed E-state index contributed by atoms with van der Waals surface area (Å²) in [5.41, 5.74) is 1.96. The molecule has 0 atom stereocenters. The summed E-state index contributed by atoms with van der Waals surface area (Å²) in [7, 11) is 0. The molecule has 0 saturated carbocycles. The van der Waals surface area contributed by atoms with Gasteiger partial charge >= 0.3 is 12.0 Å². The van der Waals surface area contributed by atoms with Crippen LogP contribution in [0.15, 0.2) is 42.5 Å². The molecule has 0 bridgehead atoms. The molecule has 0 heterocycles. The minimum atomic E-state index is -1.05. The van der Waals surface area contributed by atoms with Crippen LogP contribution in [-0.2, 0) is 0 Å². The molecule has 21 heavy (non-hydrogen) atoms. The minimum Gasteiger partial charge on any atom is -0.478 e. The smallest absolute Gasteiger partial charge is 0.335 e. The van der Waals surface area contributed by atoms with Crippen molar-refractivity contribution < 1.29 is 14.7 Å². The van der Waals surface area contributed by atoms with E-state index in [0.717, 1.165) is 5.56 Å². The molecule has 2 aromatic rings. The molecule has 0 saturated heterocycles. The summed E-state index contributed by atoms with van der Waals surface area (Å²) < 4.78 is 0. The number of amides is 2. The number of urea groups is 1. The van der Waals surface area contributed by atoms with Crippen LogP contribution in [-0.4, -0.2) is 17.1 Å². The molecule has 108 valence electrons. The molecule has 0 aliphatic rings. The molecular formula is C15H13ClN2O3. The Bertz CT molecular complexity index is 701. The highest BCUT2D eigenvalue weighted by Gasteiger charge is 2.07. The number of aryl methyl sites for hydroxylation is 1. The maximum atomic E-state index is 11.9. The van der Waals surface area contributed by atoms with Gasteiger partial charge in [0.1, 0.15) is 0 Å². The van der Waals surface area contributed by atoms with Gasteiger partial charge in [0.05, 0.1) is 5.56 Å². The number of aromatic carboxylic acids is 1. The zero-order valence-corrected chi connectivity index (χ0v) is 11.9. The van der Waals surface area contributed by atoms with Gasteiger partial charge in [-0.2, -0.15) is 0 Å². The van der Waals surface area contributed by atoms with Gasteiger partial charge in [0.25, 0.3) is 0 Å². The van der Waals surface area contributed by atoms with Crippen LogP contribution in [0.25, 0.3) is 0 Å². The number of benzene rings is 2. The molecule has 0 spiro atoms. The lowest BCUT2D eigenvalue weighted by Gasteiger charge is -2.09. The third kappa shape index (κ3) is 3.97. The first kappa shape index (κ1) is 14.9. The number of carbonyl (C=O) groups excluding carboxylic acids is 1. The van der Waals surface area contributed by atoms with E-state index in [-0.39, 0.29) is 5.56 Å². The molecule has 2 amide bonds. The summed E-state index contributed by atoms with van der Waals surface area (Å²) in [5.74, 6) is -1.05. The molecule has 0 aromatic heterocycles. The lowest BCUT2D eigenvalue weighted by molar-refractivity contribution is 0.0697. The van der Waals surface area contributed by atoms with E-state index in [1.165, 1.54) is 12.1 Å². The number of carboxylic acid groups (broad SMARTS) is 1. The molecule has 0 aliphatic heterocycles. The van der Waals surface area contributed by atoms with Gasteiger partial charge in [0.2, 0.25) is 0 Å². The van der Waals surface area contributed by atoms with Crippen LogP contribution < -0.4 is 10.6 Å². The van der Waals surface area contributed by atoms with Gasteiger partial charge in [-0.25, -0.2) is 9.59 Å². The van der Waals surface area contributed by atoms with Gasteiger partial charge in [-0.3, -0.25) is 0 Å². The normalized spacial score (nSPS) is 10.0. The molecule has 5 nitrogen and oxygen atoms in total. The van der Waals surface area contributed by atoms with E-state index >= 15 is 0 Å². The first-order chi connectivity index (χ1) is 9.95. The Morgan fingerprint density at radius 3 is 2.33 bits per heavy atom. The van der Waals surface area contributed by atoms with E-state index in [9.17, 15) is 9.59 Å². The second-order valence-electron chi connectivity index (χ2n) is 4.43. The molecule has 6 heteroatoms. The van der Waals surface area contributed by atoms with E-state index in [0.29, 0.717) is 16.4 Å². The van der Waals surface area contributed by atoms with E-state index in [4.69, 9.17) is 16.7 Å². The zero-order chi connectivity index (χ0) is 15.4. The third-order valence-electron chi connectivity index (χ3n) is 2.78. The van der Waals surface area contributed by atoms with Crippen LogP contribution in [0.1, 0.15) is 15.9 Å². The topological polar surface area (TPSA) is 78.4 Å². The number of anilines is 2. The van der Waals surface area contributed by atoms with Gasteiger partial charge in [0, 0.05) is 16.4 Å². The lowest BCUT2D eigenvalue weighted by atomic mass is 10.2. The first-order valence-electron chi connectivity index (χ1n) is 6.13. The summed E-state index contributed by atoms with van der Waals surface area (Å²) in [6.07, 6.45) is 0. The molecule has 3 N–H and O–H groups in total. The number of carboxylic acids is 1. The average Bonchev–Trinajstić information content (AvgIpc) is 2.43. The van der Waals surface area contributed by atoms with Crippen molar-refractivity contribution in [3.05, 3.63) is 58.6 Å². The fourth-order valence-electron chi connectivity index (χ4n) is 1.75. The minimum absolute atomic E-state index is 0.107. The maximum absolute atomic E-state index is 11.9. The van der Waals surface area contributed by atoms with Gasteiger partial charge in [-0.05, 0) is 48.9 Å². The van der Waals surface area contributed by atoms with Crippen LogP contribution in [0.5, 0.6) is 0 Å². The summed E-state index contributed by atoms with van der Waals surface area (Å²) in [4.78, 5) is 22.7. The Morgan fingerprint density at radius 1 is 1.05 bits per heavy atom. The predicted octanol–water partition coefficient (Wildman–Crippen LogP) is 3.99. The molecule has 0 radical (unpaired) electrons. The molecule has 2 rings (SSSR count). The number of carbonyl (C=O) groups is 2. The van der Waals surface area contributed by atoms with Crippen LogP contribution in [0.4, 0.5) is 16.2 Å². The second kappa shape index (κ2) is 6.28. The van der Waals surface area contributed by atoms with Crippen molar-refractivity contribution in [1.29, 1.82) is 0 Å². The summed E-state index contributed by atoms with van der Waals surface area (Å²) in [5, 5.41) is 14.7. The number of rotatable bonds is 3. The van der Waals surface area contributed by atoms with Gasteiger partial charge < -0.3 is 15.7 Å². The zero-order valence-electron chi connectivity index (χ0n) is 11.2. The maximum Gasteiger partial charge on any atom is 0.335 e. The molecule has 0 unspecified atom stereocenters. The molecule has 2 aromatic carbocycles. The largest absolute Gasteiger partial charge is 0.478 e. The van der Waals surface area contributed by atoms with E-state index in [2.05, 4.69) is 10.6 Å². The number of halogens is 1. The van der Waals surface area contributed by atoms with Crippen molar-refractivity contribution in [1.82, 2.24) is 0 Å². The van der Waals surface area contributed by atoms with Crippen molar-refractivity contribution in [3.8, 4) is 0 Å². The number of hydrogen-bond donors (Lipinski definition) is 3. The van der Waals surface area contributed by atoms with Gasteiger partial charge in [-0.1, -0.05) is 17.7 Å². The first-order valence-corrected chi connectivity index (χ1v) is 6.51. The molecule has 0 aliphatic carbocycles. The van der Waals surface area contributed by atoms with E-state index in [1.807, 2.05) is 6.92 Å². The molecular weight excluding hydrogens is 292 g/mol. The summed E-state index contributed by atoms with van der Waals surface area (Å²) >= 11 is 5.91. The Kier molecular flexibility index (Phi) is 4.45. The number of hydrogen-bond acceptors (Lipinski definition) is 2. The highest BCUT2D eigenvalue weighted by atomic mass is 35.5. The monoisotopic (exact) mass is 304 g/mol. The van der Waals surface area contributed by atoms with E-state index in [1.54, 1.807) is 30.3 Å². The Morgan fingerprint density at radius 2 is 1.71 bits per heavy atom. The van der Waals surface area contributed by atoms with Crippen LogP contribution in [0.2, 0.25) is 5.02 Å². The highest BCUT2D eigenvalue weighted by molar-refractivity contribution is 6.31.